The van der Waals surface area contributed by atoms with Crippen molar-refractivity contribution in [2.45, 2.75) is 75.8 Å². The average molecular weight is 372 g/mol. The summed E-state index contributed by atoms with van der Waals surface area (Å²) in [5.74, 6) is -0.437. The molecule has 1 amide bonds. The highest BCUT2D eigenvalue weighted by atomic mass is 16.5. The zero-order chi connectivity index (χ0) is 19.3. The number of primary amides is 1. The lowest BCUT2D eigenvalue weighted by molar-refractivity contribution is -0.114. The number of carbonyl (C=O) groups is 1. The number of anilines is 1. The maximum atomic E-state index is 12.3. The standard InChI is InChI=1S/C21H28N2O4/c1-3-15-16(24)17(25)19(27-15)21-9-5-4-6-12(20(22)26)18(21)23-14-8-7-11(2)10-13(14)21/h7-8,10,15-17,19,23-25H,3-6,9H2,1-2H3,(H2,22,26). The Balaban J connectivity index is 1.96. The minimum Gasteiger partial charge on any atom is -0.388 e. The molecule has 0 saturated carbocycles. The Morgan fingerprint density at radius 3 is 2.78 bits per heavy atom. The van der Waals surface area contributed by atoms with Gasteiger partial charge in [0.25, 0.3) is 0 Å². The molecule has 4 rings (SSSR count). The van der Waals surface area contributed by atoms with Crippen molar-refractivity contribution in [2.75, 3.05) is 5.32 Å². The van der Waals surface area contributed by atoms with E-state index in [1.165, 1.54) is 0 Å². The third kappa shape index (κ3) is 2.62. The van der Waals surface area contributed by atoms with Crippen LogP contribution in [0, 0.1) is 6.92 Å². The van der Waals surface area contributed by atoms with Crippen molar-refractivity contribution in [2.24, 2.45) is 5.73 Å². The molecule has 2 heterocycles. The van der Waals surface area contributed by atoms with E-state index in [9.17, 15) is 15.0 Å². The number of aryl methyl sites for hydroxylation is 1. The number of hydrogen-bond acceptors (Lipinski definition) is 5. The van der Waals surface area contributed by atoms with Crippen LogP contribution in [-0.4, -0.2) is 40.5 Å². The summed E-state index contributed by atoms with van der Waals surface area (Å²) >= 11 is 0. The lowest BCUT2D eigenvalue weighted by Gasteiger charge is -2.38. The first kappa shape index (κ1) is 18.5. The van der Waals surface area contributed by atoms with Gasteiger partial charge in [-0.15, -0.1) is 0 Å². The molecular weight excluding hydrogens is 344 g/mol. The van der Waals surface area contributed by atoms with Gasteiger partial charge in [0.1, 0.15) is 18.3 Å². The third-order valence-corrected chi connectivity index (χ3v) is 6.46. The van der Waals surface area contributed by atoms with Crippen LogP contribution < -0.4 is 11.1 Å². The molecule has 1 aromatic rings. The van der Waals surface area contributed by atoms with Crippen molar-refractivity contribution >= 4 is 11.6 Å². The molecule has 5 atom stereocenters. The highest BCUT2D eigenvalue weighted by Crippen LogP contribution is 2.55. The van der Waals surface area contributed by atoms with Crippen LogP contribution in [0.5, 0.6) is 0 Å². The first-order valence-electron chi connectivity index (χ1n) is 9.83. The zero-order valence-electron chi connectivity index (χ0n) is 15.9. The molecule has 0 bridgehead atoms. The number of aliphatic hydroxyl groups excluding tert-OH is 2. The molecular formula is C21H28N2O4. The van der Waals surface area contributed by atoms with Gasteiger partial charge in [0.2, 0.25) is 5.91 Å². The summed E-state index contributed by atoms with van der Waals surface area (Å²) in [7, 11) is 0. The van der Waals surface area contributed by atoms with E-state index < -0.39 is 35.7 Å². The Morgan fingerprint density at radius 1 is 1.33 bits per heavy atom. The molecule has 3 aliphatic rings. The van der Waals surface area contributed by atoms with Crippen molar-refractivity contribution in [1.82, 2.24) is 0 Å². The molecule has 0 radical (unpaired) electrons. The largest absolute Gasteiger partial charge is 0.388 e. The summed E-state index contributed by atoms with van der Waals surface area (Å²) in [5, 5.41) is 24.9. The first-order valence-corrected chi connectivity index (χ1v) is 9.83. The average Bonchev–Trinajstić information content (AvgIpc) is 3.02. The van der Waals surface area contributed by atoms with Crippen molar-refractivity contribution in [3.05, 3.63) is 40.6 Å². The third-order valence-electron chi connectivity index (χ3n) is 6.46. The van der Waals surface area contributed by atoms with Crippen LogP contribution in [0.3, 0.4) is 0 Å². The zero-order valence-corrected chi connectivity index (χ0v) is 15.9. The fourth-order valence-electron chi connectivity index (χ4n) is 5.13. The molecule has 5 unspecified atom stereocenters. The molecule has 0 spiro atoms. The second kappa shape index (κ2) is 6.62. The summed E-state index contributed by atoms with van der Waals surface area (Å²) in [4.78, 5) is 12.3. The van der Waals surface area contributed by atoms with Gasteiger partial charge in [-0.2, -0.15) is 0 Å². The number of amides is 1. The van der Waals surface area contributed by atoms with E-state index in [1.54, 1.807) is 0 Å². The highest BCUT2D eigenvalue weighted by molar-refractivity contribution is 5.95. The lowest BCUT2D eigenvalue weighted by atomic mass is 9.69. The first-order chi connectivity index (χ1) is 12.9. The summed E-state index contributed by atoms with van der Waals surface area (Å²) in [5.41, 5.74) is 9.40. The maximum Gasteiger partial charge on any atom is 0.246 e. The van der Waals surface area contributed by atoms with Gasteiger partial charge in [-0.05, 0) is 44.2 Å². The molecule has 1 saturated heterocycles. The van der Waals surface area contributed by atoms with Gasteiger partial charge in [0, 0.05) is 17.0 Å². The van der Waals surface area contributed by atoms with E-state index in [1.807, 2.05) is 26.0 Å². The molecule has 27 heavy (non-hydrogen) atoms. The van der Waals surface area contributed by atoms with Crippen LogP contribution in [0.25, 0.3) is 0 Å². The minimum absolute atomic E-state index is 0.422. The second-order valence-electron chi connectivity index (χ2n) is 8.05. The van der Waals surface area contributed by atoms with Gasteiger partial charge >= 0.3 is 0 Å². The number of aliphatic hydroxyl groups is 2. The molecule has 0 aromatic heterocycles. The SMILES string of the molecule is CCC1OC(C23CCCCC(C(N)=O)=C2Nc2ccc(C)cc23)C(O)C1O. The number of nitrogens with two attached hydrogens (primary N) is 1. The lowest BCUT2D eigenvalue weighted by Crippen LogP contribution is -2.48. The Morgan fingerprint density at radius 2 is 2.11 bits per heavy atom. The van der Waals surface area contributed by atoms with Gasteiger partial charge in [-0.3, -0.25) is 4.79 Å². The van der Waals surface area contributed by atoms with E-state index in [2.05, 4.69) is 11.4 Å². The predicted octanol–water partition coefficient (Wildman–Crippen LogP) is 1.87. The van der Waals surface area contributed by atoms with E-state index in [4.69, 9.17) is 10.5 Å². The number of nitrogens with one attached hydrogen (secondary N) is 1. The van der Waals surface area contributed by atoms with Crippen molar-refractivity contribution in [3.8, 4) is 0 Å². The molecule has 6 nitrogen and oxygen atoms in total. The maximum absolute atomic E-state index is 12.3. The normalized spacial score (nSPS) is 35.4. The van der Waals surface area contributed by atoms with Gasteiger partial charge < -0.3 is 26.0 Å². The van der Waals surface area contributed by atoms with Crippen LogP contribution in [0.1, 0.15) is 50.2 Å². The van der Waals surface area contributed by atoms with E-state index >= 15 is 0 Å². The Bertz CT molecular complexity index is 805. The highest BCUT2D eigenvalue weighted by Gasteiger charge is 2.59. The number of fused-ring (bicyclic) bond motifs is 3. The van der Waals surface area contributed by atoms with Crippen LogP contribution in [-0.2, 0) is 14.9 Å². The quantitative estimate of drug-likeness (QED) is 0.648. The molecule has 2 aliphatic heterocycles. The number of hydrogen-bond donors (Lipinski definition) is 4. The monoisotopic (exact) mass is 372 g/mol. The molecule has 6 heteroatoms. The van der Waals surface area contributed by atoms with Crippen molar-refractivity contribution in [3.63, 3.8) is 0 Å². The number of benzene rings is 1. The fraction of sp³-hybridized carbons (Fsp3) is 0.571. The van der Waals surface area contributed by atoms with Gasteiger partial charge in [0.15, 0.2) is 0 Å². The number of rotatable bonds is 3. The summed E-state index contributed by atoms with van der Waals surface area (Å²) in [6.07, 6.45) is 0.674. The van der Waals surface area contributed by atoms with Crippen LogP contribution in [0.2, 0.25) is 0 Å². The van der Waals surface area contributed by atoms with Gasteiger partial charge in [-0.25, -0.2) is 0 Å². The van der Waals surface area contributed by atoms with Crippen LogP contribution in [0.15, 0.2) is 29.5 Å². The topological polar surface area (TPSA) is 105 Å². The van der Waals surface area contributed by atoms with Crippen LogP contribution in [0.4, 0.5) is 5.69 Å². The summed E-state index contributed by atoms with van der Waals surface area (Å²) in [6.45, 7) is 3.96. The molecule has 1 aliphatic carbocycles. The van der Waals surface area contributed by atoms with Gasteiger partial charge in [0.05, 0.1) is 11.5 Å². The Kier molecular flexibility index (Phi) is 4.53. The molecule has 1 aromatic carbocycles. The second-order valence-corrected chi connectivity index (χ2v) is 8.05. The van der Waals surface area contributed by atoms with Crippen molar-refractivity contribution < 1.29 is 19.7 Å². The molecule has 146 valence electrons. The minimum atomic E-state index is -1.02. The smallest absolute Gasteiger partial charge is 0.246 e. The number of carbonyl (C=O) groups excluding carboxylic acids is 1. The summed E-state index contributed by atoms with van der Waals surface area (Å²) in [6, 6.07) is 6.12. The fourth-order valence-corrected chi connectivity index (χ4v) is 5.13. The van der Waals surface area contributed by atoms with E-state index in [-0.39, 0.29) is 0 Å². The molecule has 1 fully saturated rings. The van der Waals surface area contributed by atoms with Gasteiger partial charge in [-0.1, -0.05) is 31.0 Å². The molecule has 5 N–H and O–H groups in total. The van der Waals surface area contributed by atoms with E-state index in [0.29, 0.717) is 18.4 Å². The van der Waals surface area contributed by atoms with Crippen LogP contribution >= 0.6 is 0 Å². The Labute approximate surface area is 159 Å². The Hall–Kier alpha value is -1.89. The summed E-state index contributed by atoms with van der Waals surface area (Å²) < 4.78 is 6.23. The van der Waals surface area contributed by atoms with E-state index in [0.717, 1.165) is 41.8 Å². The number of ether oxygens (including phenoxy) is 1. The predicted molar refractivity (Wildman–Crippen MR) is 102 cm³/mol. The van der Waals surface area contributed by atoms with Crippen molar-refractivity contribution in [1.29, 1.82) is 0 Å².